The van der Waals surface area contributed by atoms with Gasteiger partial charge in [0.15, 0.2) is 6.61 Å². The molecular weight excluding hydrogens is 484 g/mol. The number of carbonyl (C=O) groups excluding carboxylic acids is 2. The lowest BCUT2D eigenvalue weighted by molar-refractivity contribution is -0.142. The van der Waals surface area contributed by atoms with Crippen molar-refractivity contribution >= 4 is 38.5 Å². The van der Waals surface area contributed by atoms with Crippen molar-refractivity contribution in [2.45, 2.75) is 32.9 Å². The summed E-state index contributed by atoms with van der Waals surface area (Å²) in [6, 6.07) is 18.5. The maximum atomic E-state index is 13.2. The molecule has 1 atom stereocenters. The molecule has 0 aromatic heterocycles. The smallest absolute Gasteiger partial charge is 0.261 e. The summed E-state index contributed by atoms with van der Waals surface area (Å²) in [6.07, 6.45) is 0.821. The van der Waals surface area contributed by atoms with Crippen LogP contribution in [0.25, 0.3) is 10.8 Å². The summed E-state index contributed by atoms with van der Waals surface area (Å²) >= 11 is 3.59. The maximum absolute atomic E-state index is 13.2. The Bertz CT molecular complexity index is 1120. The number of fused-ring (bicyclic) bond motifs is 1. The van der Waals surface area contributed by atoms with E-state index in [4.69, 9.17) is 9.47 Å². The highest BCUT2D eigenvalue weighted by Gasteiger charge is 2.26. The summed E-state index contributed by atoms with van der Waals surface area (Å²) in [6.45, 7) is 4.35. The van der Waals surface area contributed by atoms with Crippen LogP contribution in [-0.2, 0) is 16.1 Å². The SMILES string of the molecule is CCCNC(=O)C(C)N(Cc1cccc(OC)c1)C(=O)COc1ccc2ccccc2c1Br. The predicted octanol–water partition coefficient (Wildman–Crippen LogP) is 4.93. The van der Waals surface area contributed by atoms with Crippen LogP contribution in [0.2, 0.25) is 0 Å². The van der Waals surface area contributed by atoms with Gasteiger partial charge >= 0.3 is 0 Å². The van der Waals surface area contributed by atoms with Crippen LogP contribution in [0.5, 0.6) is 11.5 Å². The first-order chi connectivity index (χ1) is 15.9. The summed E-state index contributed by atoms with van der Waals surface area (Å²) in [5.41, 5.74) is 0.865. The Morgan fingerprint density at radius 2 is 1.88 bits per heavy atom. The number of halogens is 1. The molecule has 3 aromatic carbocycles. The largest absolute Gasteiger partial charge is 0.497 e. The zero-order chi connectivity index (χ0) is 23.8. The lowest BCUT2D eigenvalue weighted by Crippen LogP contribution is -2.49. The molecule has 0 heterocycles. The number of rotatable bonds is 10. The molecule has 0 spiro atoms. The molecule has 174 valence electrons. The van der Waals surface area contributed by atoms with Crippen LogP contribution in [0.1, 0.15) is 25.8 Å². The Kier molecular flexibility index (Phi) is 8.72. The summed E-state index contributed by atoms with van der Waals surface area (Å²) in [5, 5.41) is 4.95. The molecule has 0 bridgehead atoms. The van der Waals surface area contributed by atoms with E-state index in [1.54, 1.807) is 14.0 Å². The molecule has 3 rings (SSSR count). The molecule has 7 heteroatoms. The summed E-state index contributed by atoms with van der Waals surface area (Å²) in [5.74, 6) is 0.794. The minimum absolute atomic E-state index is 0.188. The van der Waals surface area contributed by atoms with E-state index in [2.05, 4.69) is 21.2 Å². The number of hydrogen-bond donors (Lipinski definition) is 1. The van der Waals surface area contributed by atoms with Crippen molar-refractivity contribution in [3.63, 3.8) is 0 Å². The van der Waals surface area contributed by atoms with E-state index >= 15 is 0 Å². The van der Waals surface area contributed by atoms with Gasteiger partial charge in [-0.1, -0.05) is 49.4 Å². The van der Waals surface area contributed by atoms with Gasteiger partial charge in [0.1, 0.15) is 17.5 Å². The predicted molar refractivity (Wildman–Crippen MR) is 133 cm³/mol. The van der Waals surface area contributed by atoms with E-state index in [0.29, 0.717) is 18.0 Å². The summed E-state index contributed by atoms with van der Waals surface area (Å²) in [7, 11) is 1.60. The van der Waals surface area contributed by atoms with E-state index in [0.717, 1.165) is 27.2 Å². The minimum Gasteiger partial charge on any atom is -0.497 e. The molecule has 0 saturated carbocycles. The number of nitrogens with zero attached hydrogens (tertiary/aromatic N) is 1. The molecule has 3 aromatic rings. The fraction of sp³-hybridized carbons (Fsp3) is 0.308. The van der Waals surface area contributed by atoms with Gasteiger partial charge in [0.25, 0.3) is 5.91 Å². The van der Waals surface area contributed by atoms with Gasteiger partial charge in [-0.05, 0) is 63.8 Å². The van der Waals surface area contributed by atoms with Crippen molar-refractivity contribution in [3.05, 3.63) is 70.7 Å². The maximum Gasteiger partial charge on any atom is 0.261 e. The molecule has 2 amide bonds. The number of carbonyl (C=O) groups is 2. The number of amides is 2. The third-order valence-electron chi connectivity index (χ3n) is 5.38. The monoisotopic (exact) mass is 512 g/mol. The highest BCUT2D eigenvalue weighted by atomic mass is 79.9. The molecule has 0 aliphatic carbocycles. The van der Waals surface area contributed by atoms with Crippen LogP contribution >= 0.6 is 15.9 Å². The van der Waals surface area contributed by atoms with Crippen molar-refractivity contribution in [1.82, 2.24) is 10.2 Å². The lowest BCUT2D eigenvalue weighted by Gasteiger charge is -2.29. The molecule has 1 N–H and O–H groups in total. The second-order valence-electron chi connectivity index (χ2n) is 7.73. The Morgan fingerprint density at radius 1 is 1.09 bits per heavy atom. The quantitative estimate of drug-likeness (QED) is 0.418. The number of nitrogens with one attached hydrogen (secondary N) is 1. The van der Waals surface area contributed by atoms with E-state index in [1.807, 2.05) is 67.6 Å². The van der Waals surface area contributed by atoms with Crippen LogP contribution in [0.15, 0.2) is 65.1 Å². The Hall–Kier alpha value is -3.06. The number of methoxy groups -OCH3 is 1. The molecule has 6 nitrogen and oxygen atoms in total. The minimum atomic E-state index is -0.654. The van der Waals surface area contributed by atoms with Crippen LogP contribution in [0, 0.1) is 0 Å². The second-order valence-corrected chi connectivity index (χ2v) is 8.52. The van der Waals surface area contributed by atoms with Gasteiger partial charge in [0.2, 0.25) is 5.91 Å². The van der Waals surface area contributed by atoms with Crippen molar-refractivity contribution in [1.29, 1.82) is 0 Å². The van der Waals surface area contributed by atoms with E-state index in [1.165, 1.54) is 4.90 Å². The van der Waals surface area contributed by atoms with Gasteiger partial charge < -0.3 is 19.7 Å². The Morgan fingerprint density at radius 3 is 2.64 bits per heavy atom. The van der Waals surface area contributed by atoms with Crippen molar-refractivity contribution in [2.75, 3.05) is 20.3 Å². The standard InChI is InChI=1S/C26H29BrN2O4/c1-4-14-28-26(31)18(2)29(16-19-8-7-10-21(15-19)32-3)24(30)17-33-23-13-12-20-9-5-6-11-22(20)25(23)27/h5-13,15,18H,4,14,16-17H2,1-3H3,(H,28,31). The molecule has 0 saturated heterocycles. The fourth-order valence-electron chi connectivity index (χ4n) is 3.49. The molecule has 0 fully saturated rings. The van der Waals surface area contributed by atoms with Gasteiger partial charge in [-0.3, -0.25) is 9.59 Å². The first-order valence-corrected chi connectivity index (χ1v) is 11.7. The number of ether oxygens (including phenoxy) is 2. The molecular formula is C26H29BrN2O4. The van der Waals surface area contributed by atoms with Gasteiger partial charge in [-0.15, -0.1) is 0 Å². The van der Waals surface area contributed by atoms with Gasteiger partial charge in [0.05, 0.1) is 11.6 Å². The topological polar surface area (TPSA) is 67.9 Å². The zero-order valence-electron chi connectivity index (χ0n) is 19.1. The third-order valence-corrected chi connectivity index (χ3v) is 6.20. The first kappa shape index (κ1) is 24.6. The first-order valence-electron chi connectivity index (χ1n) is 10.9. The molecule has 0 aliphatic rings. The van der Waals surface area contributed by atoms with Gasteiger partial charge in [0, 0.05) is 13.1 Å². The molecule has 1 unspecified atom stereocenters. The van der Waals surface area contributed by atoms with Crippen LogP contribution in [0.3, 0.4) is 0 Å². The number of benzene rings is 3. The third kappa shape index (κ3) is 6.26. The van der Waals surface area contributed by atoms with E-state index < -0.39 is 6.04 Å². The average molecular weight is 513 g/mol. The normalized spacial score (nSPS) is 11.6. The Labute approximate surface area is 203 Å². The molecule has 0 radical (unpaired) electrons. The zero-order valence-corrected chi connectivity index (χ0v) is 20.7. The van der Waals surface area contributed by atoms with Crippen molar-refractivity contribution in [2.24, 2.45) is 0 Å². The van der Waals surface area contributed by atoms with Crippen LogP contribution < -0.4 is 14.8 Å². The fourth-order valence-corrected chi connectivity index (χ4v) is 4.10. The van der Waals surface area contributed by atoms with Gasteiger partial charge in [-0.2, -0.15) is 0 Å². The second kappa shape index (κ2) is 11.7. The van der Waals surface area contributed by atoms with Crippen LogP contribution in [-0.4, -0.2) is 43.0 Å². The average Bonchev–Trinajstić information content (AvgIpc) is 2.85. The highest BCUT2D eigenvalue weighted by Crippen LogP contribution is 2.33. The van der Waals surface area contributed by atoms with Crippen molar-refractivity contribution < 1.29 is 19.1 Å². The summed E-state index contributed by atoms with van der Waals surface area (Å²) in [4.78, 5) is 27.4. The van der Waals surface area contributed by atoms with E-state index in [-0.39, 0.29) is 25.0 Å². The summed E-state index contributed by atoms with van der Waals surface area (Å²) < 4.78 is 12.0. The molecule has 0 aliphatic heterocycles. The Balaban J connectivity index is 1.79. The van der Waals surface area contributed by atoms with Crippen molar-refractivity contribution in [3.8, 4) is 11.5 Å². The van der Waals surface area contributed by atoms with Gasteiger partial charge in [-0.25, -0.2) is 0 Å². The highest BCUT2D eigenvalue weighted by molar-refractivity contribution is 9.10. The van der Waals surface area contributed by atoms with E-state index in [9.17, 15) is 9.59 Å². The number of hydrogen-bond acceptors (Lipinski definition) is 4. The lowest BCUT2D eigenvalue weighted by atomic mass is 10.1. The van der Waals surface area contributed by atoms with Crippen LogP contribution in [0.4, 0.5) is 0 Å². The molecule has 33 heavy (non-hydrogen) atoms.